The normalized spacial score (nSPS) is 18.7. The molecule has 1 atom stereocenters. The number of halogens is 3. The van der Waals surface area contributed by atoms with Gasteiger partial charge in [-0.2, -0.15) is 13.2 Å². The van der Waals surface area contributed by atoms with Gasteiger partial charge in [0.25, 0.3) is 0 Å². The Labute approximate surface area is 126 Å². The first kappa shape index (κ1) is 16.6. The van der Waals surface area contributed by atoms with Gasteiger partial charge in [0.2, 0.25) is 5.82 Å². The number of alkyl carbamates (subject to hydrolysis) is 1. The third kappa shape index (κ3) is 4.11. The Balaban J connectivity index is 1.91. The van der Waals surface area contributed by atoms with Crippen LogP contribution in [0.25, 0.3) is 0 Å². The predicted molar refractivity (Wildman–Crippen MR) is 71.1 cm³/mol. The molecule has 0 saturated carbocycles. The maximum absolute atomic E-state index is 12.7. The molecule has 1 aromatic rings. The first-order chi connectivity index (χ1) is 10.1. The number of carbonyl (C=O) groups is 1. The van der Waals surface area contributed by atoms with Crippen LogP contribution in [0.15, 0.2) is 0 Å². The molecule has 1 amide bonds. The van der Waals surface area contributed by atoms with Crippen molar-refractivity contribution in [2.45, 2.75) is 51.9 Å². The Hall–Kier alpha value is -1.80. The first-order valence-corrected chi connectivity index (χ1v) is 7.02. The van der Waals surface area contributed by atoms with Crippen LogP contribution in [-0.4, -0.2) is 33.0 Å². The number of hydrogen-bond acceptors (Lipinski definition) is 4. The van der Waals surface area contributed by atoms with Crippen molar-refractivity contribution >= 4 is 6.09 Å². The van der Waals surface area contributed by atoms with Crippen LogP contribution >= 0.6 is 0 Å². The molecule has 124 valence electrons. The summed E-state index contributed by atoms with van der Waals surface area (Å²) in [5.41, 5.74) is -0.585. The SMILES string of the molecule is CC(C)(C)OC(=O)NCC1CCn2c(nnc2C(F)(F)F)C1. The number of nitrogens with zero attached hydrogens (tertiary/aromatic N) is 3. The summed E-state index contributed by atoms with van der Waals surface area (Å²) in [5.74, 6) is -0.638. The Bertz CT molecular complexity index is 548. The van der Waals surface area contributed by atoms with Crippen molar-refractivity contribution in [2.75, 3.05) is 6.54 Å². The number of ether oxygens (including phenoxy) is 1. The summed E-state index contributed by atoms with van der Waals surface area (Å²) in [4.78, 5) is 11.6. The molecule has 1 aliphatic heterocycles. The molecule has 0 fully saturated rings. The van der Waals surface area contributed by atoms with Crippen LogP contribution in [-0.2, 0) is 23.9 Å². The summed E-state index contributed by atoms with van der Waals surface area (Å²) in [6, 6.07) is 0. The summed E-state index contributed by atoms with van der Waals surface area (Å²) in [6.45, 7) is 5.80. The topological polar surface area (TPSA) is 69.0 Å². The molecule has 0 radical (unpaired) electrons. The minimum atomic E-state index is -4.49. The third-order valence-electron chi connectivity index (χ3n) is 3.25. The van der Waals surface area contributed by atoms with Gasteiger partial charge >= 0.3 is 12.3 Å². The summed E-state index contributed by atoms with van der Waals surface area (Å²) < 4.78 is 44.4. The van der Waals surface area contributed by atoms with E-state index in [0.29, 0.717) is 25.2 Å². The molecule has 0 saturated heterocycles. The van der Waals surface area contributed by atoms with E-state index in [9.17, 15) is 18.0 Å². The minimum absolute atomic E-state index is 0.0188. The zero-order valence-corrected chi connectivity index (χ0v) is 12.7. The molecule has 0 bridgehead atoms. The number of amides is 1. The van der Waals surface area contributed by atoms with Gasteiger partial charge in [-0.15, -0.1) is 10.2 Å². The minimum Gasteiger partial charge on any atom is -0.444 e. The highest BCUT2D eigenvalue weighted by molar-refractivity contribution is 5.67. The Morgan fingerprint density at radius 3 is 2.64 bits per heavy atom. The van der Waals surface area contributed by atoms with E-state index >= 15 is 0 Å². The number of hydrogen-bond donors (Lipinski definition) is 1. The largest absolute Gasteiger partial charge is 0.451 e. The molecule has 0 aliphatic carbocycles. The summed E-state index contributed by atoms with van der Waals surface area (Å²) >= 11 is 0. The molecule has 2 rings (SSSR count). The van der Waals surface area contributed by atoms with E-state index in [1.54, 1.807) is 20.8 Å². The van der Waals surface area contributed by atoms with E-state index in [1.165, 1.54) is 0 Å². The van der Waals surface area contributed by atoms with Gasteiger partial charge in [-0.25, -0.2) is 4.79 Å². The van der Waals surface area contributed by atoms with Crippen molar-refractivity contribution in [1.82, 2.24) is 20.1 Å². The van der Waals surface area contributed by atoms with Crippen LogP contribution in [0.2, 0.25) is 0 Å². The average Bonchev–Trinajstić information content (AvgIpc) is 2.76. The van der Waals surface area contributed by atoms with Crippen molar-refractivity contribution in [3.63, 3.8) is 0 Å². The maximum atomic E-state index is 12.7. The highest BCUT2D eigenvalue weighted by Gasteiger charge is 2.39. The van der Waals surface area contributed by atoms with Crippen LogP contribution in [0.4, 0.5) is 18.0 Å². The number of nitrogens with one attached hydrogen (secondary N) is 1. The lowest BCUT2D eigenvalue weighted by molar-refractivity contribution is -0.147. The van der Waals surface area contributed by atoms with E-state index in [-0.39, 0.29) is 12.5 Å². The van der Waals surface area contributed by atoms with Gasteiger partial charge in [-0.1, -0.05) is 0 Å². The van der Waals surface area contributed by atoms with Gasteiger partial charge in [0.1, 0.15) is 11.4 Å². The van der Waals surface area contributed by atoms with E-state index in [2.05, 4.69) is 15.5 Å². The van der Waals surface area contributed by atoms with Crippen LogP contribution in [0, 0.1) is 5.92 Å². The van der Waals surface area contributed by atoms with Gasteiger partial charge in [-0.3, -0.25) is 0 Å². The predicted octanol–water partition coefficient (Wildman–Crippen LogP) is 2.38. The number of aromatic nitrogens is 3. The molecular weight excluding hydrogens is 301 g/mol. The van der Waals surface area contributed by atoms with Gasteiger partial charge in [0.05, 0.1) is 0 Å². The molecule has 6 nitrogen and oxygen atoms in total. The second-order valence-corrected chi connectivity index (χ2v) is 6.33. The molecule has 0 aromatic carbocycles. The van der Waals surface area contributed by atoms with Crippen LogP contribution in [0.3, 0.4) is 0 Å². The molecular formula is C13H19F3N4O2. The first-order valence-electron chi connectivity index (χ1n) is 7.02. The molecule has 22 heavy (non-hydrogen) atoms. The van der Waals surface area contributed by atoms with E-state index in [4.69, 9.17) is 4.74 Å². The monoisotopic (exact) mass is 320 g/mol. The zero-order valence-electron chi connectivity index (χ0n) is 12.7. The fourth-order valence-corrected chi connectivity index (χ4v) is 2.32. The Morgan fingerprint density at radius 1 is 1.36 bits per heavy atom. The van der Waals surface area contributed by atoms with E-state index < -0.39 is 23.7 Å². The standard InChI is InChI=1S/C13H19F3N4O2/c1-12(2,3)22-11(21)17-7-8-4-5-20-9(6-8)18-19-10(20)13(14,15)16/h8H,4-7H2,1-3H3,(H,17,21). The zero-order chi connectivity index (χ0) is 16.5. The van der Waals surface area contributed by atoms with Crippen molar-refractivity contribution in [2.24, 2.45) is 5.92 Å². The number of fused-ring (bicyclic) bond motifs is 1. The summed E-state index contributed by atoms with van der Waals surface area (Å²) in [6.07, 6.45) is -4.16. The van der Waals surface area contributed by atoms with Crippen LogP contribution < -0.4 is 5.32 Å². The molecule has 9 heteroatoms. The van der Waals surface area contributed by atoms with Crippen molar-refractivity contribution in [3.8, 4) is 0 Å². The number of carbonyl (C=O) groups excluding carboxylic acids is 1. The van der Waals surface area contributed by atoms with Gasteiger partial charge in [0.15, 0.2) is 0 Å². The lowest BCUT2D eigenvalue weighted by Gasteiger charge is -2.25. The molecule has 1 aliphatic rings. The second kappa shape index (κ2) is 5.77. The Kier molecular flexibility index (Phi) is 4.35. The number of alkyl halides is 3. The maximum Gasteiger partial charge on any atom is 0.451 e. The van der Waals surface area contributed by atoms with Crippen LogP contribution in [0.5, 0.6) is 0 Å². The van der Waals surface area contributed by atoms with Gasteiger partial charge in [-0.05, 0) is 33.1 Å². The molecule has 1 aromatic heterocycles. The summed E-state index contributed by atoms with van der Waals surface area (Å²) in [7, 11) is 0. The van der Waals surface area contributed by atoms with E-state index in [1.807, 2.05) is 0 Å². The Morgan fingerprint density at radius 2 is 2.05 bits per heavy atom. The molecule has 0 spiro atoms. The third-order valence-corrected chi connectivity index (χ3v) is 3.25. The molecule has 1 N–H and O–H groups in total. The van der Waals surface area contributed by atoms with Crippen molar-refractivity contribution in [3.05, 3.63) is 11.6 Å². The smallest absolute Gasteiger partial charge is 0.444 e. The summed E-state index contributed by atoms with van der Waals surface area (Å²) in [5, 5.41) is 9.47. The highest BCUT2D eigenvalue weighted by atomic mass is 19.4. The van der Waals surface area contributed by atoms with Gasteiger partial charge in [0, 0.05) is 19.5 Å². The van der Waals surface area contributed by atoms with E-state index in [0.717, 1.165) is 4.57 Å². The quantitative estimate of drug-likeness (QED) is 0.908. The van der Waals surface area contributed by atoms with Crippen molar-refractivity contribution in [1.29, 1.82) is 0 Å². The average molecular weight is 320 g/mol. The second-order valence-electron chi connectivity index (χ2n) is 6.33. The van der Waals surface area contributed by atoms with Crippen molar-refractivity contribution < 1.29 is 22.7 Å². The lowest BCUT2D eigenvalue weighted by Crippen LogP contribution is -2.37. The van der Waals surface area contributed by atoms with Gasteiger partial charge < -0.3 is 14.6 Å². The molecule has 1 unspecified atom stereocenters. The fraction of sp³-hybridized carbons (Fsp3) is 0.769. The van der Waals surface area contributed by atoms with Crippen LogP contribution in [0.1, 0.15) is 38.8 Å². The lowest BCUT2D eigenvalue weighted by atomic mass is 9.98. The fourth-order valence-electron chi connectivity index (χ4n) is 2.32. The highest BCUT2D eigenvalue weighted by Crippen LogP contribution is 2.31. The molecule has 2 heterocycles. The number of rotatable bonds is 2.